The summed E-state index contributed by atoms with van der Waals surface area (Å²) in [6.07, 6.45) is 0. The van der Waals surface area contributed by atoms with Gasteiger partial charge in [0.25, 0.3) is 5.91 Å². The van der Waals surface area contributed by atoms with Gasteiger partial charge < -0.3 is 14.1 Å². The van der Waals surface area contributed by atoms with Crippen LogP contribution in [-0.2, 0) is 4.74 Å². The predicted octanol–water partition coefficient (Wildman–Crippen LogP) is 3.24. The Balaban J connectivity index is 1.63. The standard InChI is InChI=1S/C21H19NO4/c1-14-12-20(23)26-19-13-17(6-7-18(14)19)15-2-4-16(5-3-15)21(24)22-8-10-25-11-9-22/h2-7,12-13H,8-11H2,1H3. The molecule has 1 saturated heterocycles. The Morgan fingerprint density at radius 3 is 2.38 bits per heavy atom. The molecule has 1 amide bonds. The highest BCUT2D eigenvalue weighted by atomic mass is 16.5. The molecule has 0 aliphatic carbocycles. The third-order valence-electron chi connectivity index (χ3n) is 4.71. The Morgan fingerprint density at radius 1 is 0.962 bits per heavy atom. The van der Waals surface area contributed by atoms with Crippen molar-refractivity contribution in [1.82, 2.24) is 4.90 Å². The van der Waals surface area contributed by atoms with Crippen LogP contribution in [-0.4, -0.2) is 37.1 Å². The van der Waals surface area contributed by atoms with E-state index in [0.29, 0.717) is 37.4 Å². The van der Waals surface area contributed by atoms with Crippen LogP contribution in [0.1, 0.15) is 15.9 Å². The van der Waals surface area contributed by atoms with Crippen molar-refractivity contribution in [3.05, 3.63) is 70.1 Å². The van der Waals surface area contributed by atoms with Crippen molar-refractivity contribution >= 4 is 16.9 Å². The lowest BCUT2D eigenvalue weighted by atomic mass is 10.0. The van der Waals surface area contributed by atoms with Crippen LogP contribution in [0.4, 0.5) is 0 Å². The molecule has 0 unspecified atom stereocenters. The zero-order valence-corrected chi connectivity index (χ0v) is 14.5. The largest absolute Gasteiger partial charge is 0.423 e. The number of fused-ring (bicyclic) bond motifs is 1. The molecule has 26 heavy (non-hydrogen) atoms. The van der Waals surface area contributed by atoms with Crippen molar-refractivity contribution < 1.29 is 13.9 Å². The first-order valence-corrected chi connectivity index (χ1v) is 8.64. The average Bonchev–Trinajstić information content (AvgIpc) is 2.67. The molecule has 1 aromatic heterocycles. The molecule has 0 saturated carbocycles. The quantitative estimate of drug-likeness (QED) is 0.667. The maximum absolute atomic E-state index is 12.5. The smallest absolute Gasteiger partial charge is 0.336 e. The van der Waals surface area contributed by atoms with Crippen LogP contribution in [0.2, 0.25) is 0 Å². The minimum Gasteiger partial charge on any atom is -0.423 e. The molecule has 0 radical (unpaired) electrons. The number of morpholine rings is 1. The SMILES string of the molecule is Cc1cc(=O)oc2cc(-c3ccc(C(=O)N4CCOCC4)cc3)ccc12. The molecule has 5 heteroatoms. The maximum Gasteiger partial charge on any atom is 0.336 e. The molecule has 2 aromatic carbocycles. The molecular weight excluding hydrogens is 330 g/mol. The summed E-state index contributed by atoms with van der Waals surface area (Å²) in [6.45, 7) is 4.33. The maximum atomic E-state index is 12.5. The van der Waals surface area contributed by atoms with E-state index in [9.17, 15) is 9.59 Å². The molecule has 132 valence electrons. The summed E-state index contributed by atoms with van der Waals surface area (Å²) in [7, 11) is 0. The Kier molecular flexibility index (Phi) is 4.31. The third-order valence-corrected chi connectivity index (χ3v) is 4.71. The van der Waals surface area contributed by atoms with Crippen LogP contribution < -0.4 is 5.63 Å². The number of carbonyl (C=O) groups is 1. The first-order chi connectivity index (χ1) is 12.6. The first kappa shape index (κ1) is 16.5. The van der Waals surface area contributed by atoms with E-state index >= 15 is 0 Å². The van der Waals surface area contributed by atoms with Gasteiger partial charge in [0, 0.05) is 30.1 Å². The van der Waals surface area contributed by atoms with E-state index in [4.69, 9.17) is 9.15 Å². The lowest BCUT2D eigenvalue weighted by Crippen LogP contribution is -2.40. The number of amides is 1. The van der Waals surface area contributed by atoms with Crippen molar-refractivity contribution in [1.29, 1.82) is 0 Å². The highest BCUT2D eigenvalue weighted by Crippen LogP contribution is 2.26. The van der Waals surface area contributed by atoms with Crippen LogP contribution in [0.15, 0.2) is 57.7 Å². The zero-order valence-electron chi connectivity index (χ0n) is 14.5. The molecule has 5 nitrogen and oxygen atoms in total. The normalized spacial score (nSPS) is 14.6. The number of hydrogen-bond acceptors (Lipinski definition) is 4. The monoisotopic (exact) mass is 349 g/mol. The second kappa shape index (κ2) is 6.77. The van der Waals surface area contributed by atoms with Gasteiger partial charge in [0.1, 0.15) is 5.58 Å². The first-order valence-electron chi connectivity index (χ1n) is 8.64. The second-order valence-electron chi connectivity index (χ2n) is 6.44. The summed E-state index contributed by atoms with van der Waals surface area (Å²) in [4.78, 5) is 25.9. The topological polar surface area (TPSA) is 59.8 Å². The molecule has 2 heterocycles. The summed E-state index contributed by atoms with van der Waals surface area (Å²) < 4.78 is 10.6. The van der Waals surface area contributed by atoms with Crippen molar-refractivity contribution in [2.24, 2.45) is 0 Å². The van der Waals surface area contributed by atoms with E-state index in [1.807, 2.05) is 54.3 Å². The Labute approximate surface area is 150 Å². The number of aryl methyl sites for hydroxylation is 1. The van der Waals surface area contributed by atoms with Crippen molar-refractivity contribution in [3.63, 3.8) is 0 Å². The summed E-state index contributed by atoms with van der Waals surface area (Å²) in [6, 6.07) is 14.8. The van der Waals surface area contributed by atoms with Crippen LogP contribution in [0.25, 0.3) is 22.1 Å². The minimum atomic E-state index is -0.349. The van der Waals surface area contributed by atoms with E-state index in [2.05, 4.69) is 0 Å². The van der Waals surface area contributed by atoms with Crippen LogP contribution in [0, 0.1) is 6.92 Å². The molecule has 0 spiro atoms. The van der Waals surface area contributed by atoms with Crippen LogP contribution >= 0.6 is 0 Å². The second-order valence-corrected chi connectivity index (χ2v) is 6.44. The molecular formula is C21H19NO4. The van der Waals surface area contributed by atoms with Crippen LogP contribution in [0.3, 0.4) is 0 Å². The molecule has 0 bridgehead atoms. The zero-order chi connectivity index (χ0) is 18.1. The van der Waals surface area contributed by atoms with E-state index in [0.717, 1.165) is 22.1 Å². The van der Waals surface area contributed by atoms with Gasteiger partial charge >= 0.3 is 5.63 Å². The number of benzene rings is 2. The number of carbonyl (C=O) groups excluding carboxylic acids is 1. The summed E-state index contributed by atoms with van der Waals surface area (Å²) in [5.41, 5.74) is 3.69. The summed E-state index contributed by atoms with van der Waals surface area (Å²) >= 11 is 0. The van der Waals surface area contributed by atoms with Crippen molar-refractivity contribution in [3.8, 4) is 11.1 Å². The molecule has 0 N–H and O–H groups in total. The van der Waals surface area contributed by atoms with Crippen molar-refractivity contribution in [2.45, 2.75) is 6.92 Å². The Bertz CT molecular complexity index is 1010. The Hall–Kier alpha value is -2.92. The third kappa shape index (κ3) is 3.13. The van der Waals surface area contributed by atoms with Crippen molar-refractivity contribution in [2.75, 3.05) is 26.3 Å². The van der Waals surface area contributed by atoms with Gasteiger partial charge in [0.2, 0.25) is 0 Å². The van der Waals surface area contributed by atoms with Gasteiger partial charge in [-0.15, -0.1) is 0 Å². The highest BCUT2D eigenvalue weighted by molar-refractivity contribution is 5.95. The summed E-state index contributed by atoms with van der Waals surface area (Å²) in [5.74, 6) is 0.0278. The van der Waals surface area contributed by atoms with Gasteiger partial charge in [-0.1, -0.05) is 24.3 Å². The van der Waals surface area contributed by atoms with Gasteiger partial charge in [0.15, 0.2) is 0 Å². The fourth-order valence-electron chi connectivity index (χ4n) is 3.26. The van der Waals surface area contributed by atoms with Crippen LogP contribution in [0.5, 0.6) is 0 Å². The number of rotatable bonds is 2. The predicted molar refractivity (Wildman–Crippen MR) is 99.4 cm³/mol. The molecule has 4 rings (SSSR count). The van der Waals surface area contributed by atoms with E-state index in [1.165, 1.54) is 6.07 Å². The average molecular weight is 349 g/mol. The number of nitrogens with zero attached hydrogens (tertiary/aromatic N) is 1. The fourth-order valence-corrected chi connectivity index (χ4v) is 3.26. The number of ether oxygens (including phenoxy) is 1. The fraction of sp³-hybridized carbons (Fsp3) is 0.238. The van der Waals surface area contributed by atoms with E-state index in [-0.39, 0.29) is 11.5 Å². The lowest BCUT2D eigenvalue weighted by Gasteiger charge is -2.26. The Morgan fingerprint density at radius 2 is 1.65 bits per heavy atom. The van der Waals surface area contributed by atoms with Gasteiger partial charge in [-0.3, -0.25) is 4.79 Å². The lowest BCUT2D eigenvalue weighted by molar-refractivity contribution is 0.0303. The molecule has 1 fully saturated rings. The van der Waals surface area contributed by atoms with Gasteiger partial charge in [-0.25, -0.2) is 4.79 Å². The molecule has 1 aliphatic rings. The van der Waals surface area contributed by atoms with Gasteiger partial charge in [-0.05, 0) is 41.8 Å². The summed E-state index contributed by atoms with van der Waals surface area (Å²) in [5, 5.41) is 0.924. The van der Waals surface area contributed by atoms with Gasteiger partial charge in [-0.2, -0.15) is 0 Å². The van der Waals surface area contributed by atoms with E-state index < -0.39 is 0 Å². The van der Waals surface area contributed by atoms with E-state index in [1.54, 1.807) is 0 Å². The molecule has 1 aliphatic heterocycles. The van der Waals surface area contributed by atoms with Gasteiger partial charge in [0.05, 0.1) is 13.2 Å². The minimum absolute atomic E-state index is 0.0278. The number of hydrogen-bond donors (Lipinski definition) is 0. The molecule has 0 atom stereocenters. The molecule has 3 aromatic rings. The highest BCUT2D eigenvalue weighted by Gasteiger charge is 2.18.